The lowest BCUT2D eigenvalue weighted by Crippen LogP contribution is -3.13. The minimum atomic E-state index is 0.0872. The number of quaternary nitrogens is 1. The molecule has 0 saturated heterocycles. The lowest BCUT2D eigenvalue weighted by Gasteiger charge is -2.19. The summed E-state index contributed by atoms with van der Waals surface area (Å²) < 4.78 is 10.8. The number of hydrogen-bond acceptors (Lipinski definition) is 4. The van der Waals surface area contributed by atoms with E-state index in [0.29, 0.717) is 26.4 Å². The van der Waals surface area contributed by atoms with Gasteiger partial charge in [0.15, 0.2) is 0 Å². The molecule has 0 radical (unpaired) electrons. The van der Waals surface area contributed by atoms with Crippen LogP contribution in [0.4, 0.5) is 0 Å². The third-order valence-corrected chi connectivity index (χ3v) is 5.71. The molecule has 0 unspecified atom stereocenters. The van der Waals surface area contributed by atoms with Crippen molar-refractivity contribution in [1.82, 2.24) is 0 Å². The van der Waals surface area contributed by atoms with E-state index in [2.05, 4.69) is 19.1 Å². The fraction of sp³-hybridized carbons (Fsp3) is 0.923. The molecule has 0 spiro atoms. The molecule has 5 heteroatoms. The normalized spacial score (nSPS) is 11.9. The molecular weight excluding hydrogens is 390 g/mol. The molecule has 0 aliphatic rings. The molecule has 31 heavy (non-hydrogen) atoms. The number of nitrogens with one attached hydrogen (secondary N) is 1. The van der Waals surface area contributed by atoms with Gasteiger partial charge < -0.3 is 24.6 Å². The summed E-state index contributed by atoms with van der Waals surface area (Å²) in [6.07, 6.45) is 23.5. The Hall–Kier alpha value is -0.460. The number of hydrogen-bond donors (Lipinski definition) is 3. The van der Waals surface area contributed by atoms with Crippen LogP contribution in [-0.4, -0.2) is 69.5 Å². The second-order valence-electron chi connectivity index (χ2n) is 8.61. The first-order chi connectivity index (χ1) is 15.3. The van der Waals surface area contributed by atoms with Crippen LogP contribution in [0.1, 0.15) is 96.8 Å². The second kappa shape index (κ2) is 27.6. The van der Waals surface area contributed by atoms with Crippen LogP contribution in [0.15, 0.2) is 12.2 Å². The van der Waals surface area contributed by atoms with Gasteiger partial charge in [-0.1, -0.05) is 70.4 Å². The molecule has 186 valence electrons. The van der Waals surface area contributed by atoms with E-state index in [0.717, 1.165) is 19.6 Å². The summed E-state index contributed by atoms with van der Waals surface area (Å²) >= 11 is 0. The lowest BCUT2D eigenvalue weighted by molar-refractivity contribution is -0.901. The third-order valence-electron chi connectivity index (χ3n) is 5.71. The van der Waals surface area contributed by atoms with E-state index >= 15 is 0 Å². The summed E-state index contributed by atoms with van der Waals surface area (Å²) in [5.74, 6) is 0. The Morgan fingerprint density at radius 3 is 1.48 bits per heavy atom. The molecular formula is C26H54NO4+. The first kappa shape index (κ1) is 30.5. The average molecular weight is 445 g/mol. The summed E-state index contributed by atoms with van der Waals surface area (Å²) in [5.41, 5.74) is 0. The Labute approximate surface area is 193 Å². The SMILES string of the molecule is CCCCCCCC/C=C\CCCCCCCC[NH+](CCOCCO)CCOCCO. The van der Waals surface area contributed by atoms with Gasteiger partial charge >= 0.3 is 0 Å². The number of allylic oxidation sites excluding steroid dienone is 2. The Balaban J connectivity index is 3.53. The lowest BCUT2D eigenvalue weighted by atomic mass is 10.1. The van der Waals surface area contributed by atoms with Crippen molar-refractivity contribution in [2.45, 2.75) is 96.8 Å². The van der Waals surface area contributed by atoms with Crippen molar-refractivity contribution in [2.24, 2.45) is 0 Å². The van der Waals surface area contributed by atoms with Crippen LogP contribution >= 0.6 is 0 Å². The molecule has 3 N–H and O–H groups in total. The maximum Gasteiger partial charge on any atom is 0.101 e. The smallest absolute Gasteiger partial charge is 0.101 e. The number of ether oxygens (including phenoxy) is 2. The van der Waals surface area contributed by atoms with Crippen molar-refractivity contribution in [1.29, 1.82) is 0 Å². The summed E-state index contributed by atoms with van der Waals surface area (Å²) in [5, 5.41) is 17.6. The van der Waals surface area contributed by atoms with E-state index < -0.39 is 0 Å². The fourth-order valence-electron chi connectivity index (χ4n) is 3.76. The Bertz CT molecular complexity index is 340. The first-order valence-electron chi connectivity index (χ1n) is 13.2. The van der Waals surface area contributed by atoms with Gasteiger partial charge in [0.1, 0.15) is 13.1 Å². The van der Waals surface area contributed by atoms with E-state index in [1.54, 1.807) is 0 Å². The predicted molar refractivity (Wildman–Crippen MR) is 131 cm³/mol. The largest absolute Gasteiger partial charge is 0.394 e. The van der Waals surface area contributed by atoms with Crippen LogP contribution in [0.2, 0.25) is 0 Å². The van der Waals surface area contributed by atoms with Gasteiger partial charge in [0, 0.05) is 0 Å². The molecule has 0 fully saturated rings. The number of unbranched alkanes of at least 4 members (excludes halogenated alkanes) is 12. The molecule has 0 aliphatic carbocycles. The van der Waals surface area contributed by atoms with Crippen LogP contribution in [0, 0.1) is 0 Å². The van der Waals surface area contributed by atoms with Gasteiger partial charge in [-0.05, 0) is 38.5 Å². The van der Waals surface area contributed by atoms with E-state index in [1.807, 2.05) is 0 Å². The summed E-state index contributed by atoms with van der Waals surface area (Å²) in [4.78, 5) is 1.49. The summed E-state index contributed by atoms with van der Waals surface area (Å²) in [7, 11) is 0. The summed E-state index contributed by atoms with van der Waals surface area (Å²) in [6.45, 7) is 7.70. The van der Waals surface area contributed by atoms with Crippen LogP contribution in [0.5, 0.6) is 0 Å². The van der Waals surface area contributed by atoms with Crippen LogP contribution in [0.25, 0.3) is 0 Å². The third kappa shape index (κ3) is 25.7. The highest BCUT2D eigenvalue weighted by atomic mass is 16.5. The van der Waals surface area contributed by atoms with Gasteiger partial charge in [-0.15, -0.1) is 0 Å². The topological polar surface area (TPSA) is 63.4 Å². The average Bonchev–Trinajstić information content (AvgIpc) is 2.78. The highest BCUT2D eigenvalue weighted by Gasteiger charge is 2.08. The highest BCUT2D eigenvalue weighted by Crippen LogP contribution is 2.09. The number of rotatable bonds is 26. The van der Waals surface area contributed by atoms with Crippen molar-refractivity contribution >= 4 is 0 Å². The molecule has 0 aromatic rings. The van der Waals surface area contributed by atoms with Crippen molar-refractivity contribution in [3.63, 3.8) is 0 Å². The van der Waals surface area contributed by atoms with Crippen LogP contribution < -0.4 is 4.90 Å². The van der Waals surface area contributed by atoms with Crippen molar-refractivity contribution < 1.29 is 24.6 Å². The molecule has 0 amide bonds. The van der Waals surface area contributed by atoms with Crippen molar-refractivity contribution in [2.75, 3.05) is 59.3 Å². The standard InChI is InChI=1S/C26H53NO4/c1-2-3-4-5-6-7-8-9-10-11-12-13-14-15-16-17-18-27(19-23-30-25-21-28)20-24-31-26-22-29/h9-10,28-29H,2-8,11-26H2,1H3/p+1/b10-9-. The molecule has 0 saturated carbocycles. The Morgan fingerprint density at radius 2 is 1.00 bits per heavy atom. The molecule has 0 atom stereocenters. The van der Waals surface area contributed by atoms with Gasteiger partial charge in [-0.25, -0.2) is 0 Å². The predicted octanol–water partition coefficient (Wildman–Crippen LogP) is 3.93. The second-order valence-corrected chi connectivity index (χ2v) is 8.61. The maximum absolute atomic E-state index is 8.81. The minimum absolute atomic E-state index is 0.0872. The fourth-order valence-corrected chi connectivity index (χ4v) is 3.76. The number of aliphatic hydroxyl groups is 2. The van der Waals surface area contributed by atoms with Gasteiger partial charge in [0.05, 0.1) is 46.2 Å². The van der Waals surface area contributed by atoms with E-state index in [-0.39, 0.29) is 13.2 Å². The zero-order valence-electron chi connectivity index (χ0n) is 20.6. The highest BCUT2D eigenvalue weighted by molar-refractivity contribution is 4.81. The summed E-state index contributed by atoms with van der Waals surface area (Å²) in [6, 6.07) is 0. The van der Waals surface area contributed by atoms with Gasteiger partial charge in [0.2, 0.25) is 0 Å². The molecule has 0 heterocycles. The molecule has 0 rings (SSSR count). The molecule has 0 aromatic carbocycles. The van der Waals surface area contributed by atoms with Gasteiger partial charge in [-0.2, -0.15) is 0 Å². The van der Waals surface area contributed by atoms with Gasteiger partial charge in [0.25, 0.3) is 0 Å². The molecule has 0 aromatic heterocycles. The van der Waals surface area contributed by atoms with E-state index in [9.17, 15) is 0 Å². The monoisotopic (exact) mass is 444 g/mol. The molecule has 0 bridgehead atoms. The zero-order chi connectivity index (χ0) is 22.7. The Kier molecular flexibility index (Phi) is 27.2. The van der Waals surface area contributed by atoms with E-state index in [4.69, 9.17) is 19.7 Å². The van der Waals surface area contributed by atoms with Gasteiger partial charge in [-0.3, -0.25) is 0 Å². The van der Waals surface area contributed by atoms with Crippen LogP contribution in [0.3, 0.4) is 0 Å². The van der Waals surface area contributed by atoms with E-state index in [1.165, 1.54) is 94.8 Å². The van der Waals surface area contributed by atoms with Crippen molar-refractivity contribution in [3.05, 3.63) is 12.2 Å². The zero-order valence-corrected chi connectivity index (χ0v) is 20.6. The van der Waals surface area contributed by atoms with Crippen LogP contribution in [-0.2, 0) is 9.47 Å². The minimum Gasteiger partial charge on any atom is -0.394 e. The number of aliphatic hydroxyl groups excluding tert-OH is 2. The molecule has 5 nitrogen and oxygen atoms in total. The quantitative estimate of drug-likeness (QED) is 0.140. The van der Waals surface area contributed by atoms with Crippen molar-refractivity contribution in [3.8, 4) is 0 Å². The Morgan fingerprint density at radius 1 is 0.548 bits per heavy atom. The maximum atomic E-state index is 8.81. The first-order valence-corrected chi connectivity index (χ1v) is 13.2. The molecule has 0 aliphatic heterocycles.